The average Bonchev–Trinajstić information content (AvgIpc) is 2.87. The summed E-state index contributed by atoms with van der Waals surface area (Å²) in [7, 11) is -17.0. The molecule has 22 heteroatoms. The fourth-order valence-electron chi connectivity index (χ4n) is 2.45. The van der Waals surface area contributed by atoms with Gasteiger partial charge in [0.2, 0.25) is 5.95 Å². The molecule has 1 aliphatic rings. The van der Waals surface area contributed by atoms with E-state index < -0.39 is 71.7 Å². The minimum Gasteiger partial charge on any atom is -0.387 e. The summed E-state index contributed by atoms with van der Waals surface area (Å²) < 4.78 is 63.9. The third kappa shape index (κ3) is 7.35. The van der Waals surface area contributed by atoms with Crippen LogP contribution in [0.2, 0.25) is 0 Å². The summed E-state index contributed by atoms with van der Waals surface area (Å²) in [6.07, 6.45) is -4.53. The number of aliphatic hydroxyl groups is 1. The van der Waals surface area contributed by atoms with E-state index in [0.717, 1.165) is 6.33 Å². The van der Waals surface area contributed by atoms with Crippen LogP contribution in [-0.4, -0.2) is 69.6 Å². The van der Waals surface area contributed by atoms with Gasteiger partial charge in [-0.15, -0.1) is 0 Å². The molecular weight excluding hydrogens is 544 g/mol. The van der Waals surface area contributed by atoms with Crippen LogP contribution in [0.25, 0.3) is 0 Å². The number of aliphatic hydroxyl groups excluding tert-OH is 1. The maximum Gasteiger partial charge on any atom is 0.490 e. The number of nitrogens with zero attached hydrogens (tertiary/aromatic N) is 3. The number of hydrogen-bond acceptors (Lipinski definition) is 12. The highest BCUT2D eigenvalue weighted by molar-refractivity contribution is 7.66. The number of aromatic nitrogens is 3. The van der Waals surface area contributed by atoms with E-state index in [0.29, 0.717) is 4.57 Å². The summed E-state index contributed by atoms with van der Waals surface area (Å²) in [6, 6.07) is 0. The Morgan fingerprint density at radius 1 is 1.27 bits per heavy atom. The van der Waals surface area contributed by atoms with Gasteiger partial charge in [-0.1, -0.05) is 23.4 Å². The molecule has 0 aromatic carbocycles. The number of halogens is 2. The standard InChI is InChI=1S/C11H15ClFN4O13P3/c12-11(2-1-3-13)7(18)6(28-8(11)17-5-15-9(14)16-10(17)19)4-27-32(23,24)30-33(25,26)29-31(20,21)22/h5-8,18H,3-4H2,(H,23,24)(H,25,26)(H2,14,16,19)(H2,20,21,22)/t6-,7?,8-,11-/m1/s1. The number of hydrogen-bond donors (Lipinski definition) is 6. The van der Waals surface area contributed by atoms with Crippen molar-refractivity contribution in [1.82, 2.24) is 14.5 Å². The normalized spacial score (nSPS) is 29.0. The molecule has 1 aromatic rings. The number of rotatable bonds is 8. The van der Waals surface area contributed by atoms with Gasteiger partial charge in [-0.25, -0.2) is 27.9 Å². The minimum absolute atomic E-state index is 0.422. The highest BCUT2D eigenvalue weighted by Gasteiger charge is 2.57. The molecule has 33 heavy (non-hydrogen) atoms. The molecule has 0 bridgehead atoms. The van der Waals surface area contributed by atoms with Gasteiger partial charge in [-0.05, 0) is 0 Å². The number of phosphoric ester groups is 1. The smallest absolute Gasteiger partial charge is 0.387 e. The maximum absolute atomic E-state index is 12.6. The third-order valence-electron chi connectivity index (χ3n) is 3.61. The number of nitrogens with two attached hydrogens (primary N) is 1. The lowest BCUT2D eigenvalue weighted by atomic mass is 9.99. The molecule has 1 aliphatic heterocycles. The Hall–Kier alpha value is -1.28. The molecule has 1 saturated heterocycles. The van der Waals surface area contributed by atoms with Gasteiger partial charge in [0, 0.05) is 0 Å². The highest BCUT2D eigenvalue weighted by Crippen LogP contribution is 2.66. The number of anilines is 1. The van der Waals surface area contributed by atoms with Crippen LogP contribution in [0, 0.1) is 11.8 Å². The van der Waals surface area contributed by atoms with Crippen molar-refractivity contribution in [1.29, 1.82) is 0 Å². The molecule has 1 fully saturated rings. The Morgan fingerprint density at radius 2 is 1.91 bits per heavy atom. The van der Waals surface area contributed by atoms with Gasteiger partial charge >= 0.3 is 29.2 Å². The van der Waals surface area contributed by atoms with E-state index in [1.54, 1.807) is 0 Å². The average molecular weight is 559 g/mol. The van der Waals surface area contributed by atoms with E-state index >= 15 is 0 Å². The predicted octanol–water partition coefficient (Wildman–Crippen LogP) is -1.23. The van der Waals surface area contributed by atoms with Crippen molar-refractivity contribution >= 4 is 41.0 Å². The third-order valence-corrected chi connectivity index (χ3v) is 7.92. The van der Waals surface area contributed by atoms with Crippen LogP contribution in [-0.2, 0) is 31.6 Å². The number of alkyl halides is 2. The van der Waals surface area contributed by atoms with Crippen LogP contribution < -0.4 is 11.4 Å². The van der Waals surface area contributed by atoms with Crippen molar-refractivity contribution in [2.45, 2.75) is 23.3 Å². The zero-order chi connectivity index (χ0) is 25.2. The largest absolute Gasteiger partial charge is 0.490 e. The lowest BCUT2D eigenvalue weighted by Gasteiger charge is -2.25. The van der Waals surface area contributed by atoms with Gasteiger partial charge in [-0.3, -0.25) is 9.09 Å². The molecule has 1 aromatic heterocycles. The van der Waals surface area contributed by atoms with Gasteiger partial charge in [0.15, 0.2) is 11.1 Å². The van der Waals surface area contributed by atoms with E-state index in [4.69, 9.17) is 36.8 Å². The van der Waals surface area contributed by atoms with Crippen molar-refractivity contribution in [3.8, 4) is 11.8 Å². The van der Waals surface area contributed by atoms with Gasteiger partial charge in [0.05, 0.1) is 6.61 Å². The van der Waals surface area contributed by atoms with Crippen LogP contribution in [0.1, 0.15) is 6.23 Å². The van der Waals surface area contributed by atoms with Gasteiger partial charge < -0.3 is 35.2 Å². The lowest BCUT2D eigenvalue weighted by Crippen LogP contribution is -2.43. The number of phosphoric acid groups is 3. The van der Waals surface area contributed by atoms with Crippen molar-refractivity contribution in [2.75, 3.05) is 19.0 Å². The summed E-state index contributed by atoms with van der Waals surface area (Å²) >= 11 is 6.26. The number of nitrogen functional groups attached to an aromatic ring is 1. The topological polar surface area (TPSA) is 263 Å². The summed E-state index contributed by atoms with van der Waals surface area (Å²) in [5.41, 5.74) is 4.21. The Bertz CT molecular complexity index is 1150. The van der Waals surface area contributed by atoms with Gasteiger partial charge in [0.25, 0.3) is 0 Å². The van der Waals surface area contributed by atoms with Gasteiger partial charge in [0.1, 0.15) is 25.2 Å². The van der Waals surface area contributed by atoms with E-state index in [9.17, 15) is 32.9 Å². The second-order valence-electron chi connectivity index (χ2n) is 5.97. The molecule has 0 amide bonds. The molecular formula is C11H15ClFN4O13P3. The lowest BCUT2D eigenvalue weighted by molar-refractivity contribution is -0.0458. The zero-order valence-corrected chi connectivity index (χ0v) is 19.2. The Labute approximate surface area is 187 Å². The molecule has 0 spiro atoms. The van der Waals surface area contributed by atoms with Crippen molar-refractivity contribution in [2.24, 2.45) is 0 Å². The Balaban J connectivity index is 2.26. The van der Waals surface area contributed by atoms with Crippen LogP contribution in [0.15, 0.2) is 11.1 Å². The van der Waals surface area contributed by atoms with E-state index in [2.05, 4.69) is 29.0 Å². The maximum atomic E-state index is 12.6. The second-order valence-corrected chi connectivity index (χ2v) is 11.0. The predicted molar refractivity (Wildman–Crippen MR) is 103 cm³/mol. The van der Waals surface area contributed by atoms with Crippen LogP contribution in [0.5, 0.6) is 0 Å². The molecule has 17 nitrogen and oxygen atoms in total. The zero-order valence-electron chi connectivity index (χ0n) is 15.7. The first kappa shape index (κ1) is 28.0. The molecule has 3 unspecified atom stereocenters. The molecule has 7 N–H and O–H groups in total. The van der Waals surface area contributed by atoms with Crippen LogP contribution >= 0.6 is 35.1 Å². The summed E-state index contributed by atoms with van der Waals surface area (Å²) in [5.74, 6) is 3.66. The molecule has 6 atom stereocenters. The fraction of sp³-hybridized carbons (Fsp3) is 0.545. The molecule has 0 aliphatic carbocycles. The highest BCUT2D eigenvalue weighted by atomic mass is 35.5. The fourth-order valence-corrected chi connectivity index (χ4v) is 5.84. The molecule has 0 saturated carbocycles. The molecule has 2 rings (SSSR count). The van der Waals surface area contributed by atoms with Crippen LogP contribution in [0.3, 0.4) is 0 Å². The first-order valence-electron chi connectivity index (χ1n) is 8.07. The van der Waals surface area contributed by atoms with Crippen molar-refractivity contribution in [3.05, 3.63) is 16.8 Å². The van der Waals surface area contributed by atoms with E-state index in [1.807, 2.05) is 5.92 Å². The first-order valence-corrected chi connectivity index (χ1v) is 13.0. The summed E-state index contributed by atoms with van der Waals surface area (Å²) in [4.78, 5) is 52.4. The van der Waals surface area contributed by atoms with E-state index in [-0.39, 0.29) is 0 Å². The monoisotopic (exact) mass is 558 g/mol. The molecule has 2 heterocycles. The minimum atomic E-state index is -5.79. The second kappa shape index (κ2) is 10.1. The van der Waals surface area contributed by atoms with Gasteiger partial charge in [-0.2, -0.15) is 13.6 Å². The summed E-state index contributed by atoms with van der Waals surface area (Å²) in [5, 5.41) is 10.5. The SMILES string of the molecule is Nc1ncn([C@@H]2O[C@H](COP(=O)(O)OP(=O)(O)OP(=O)(O)O)C(O)[C@]2(Cl)C#CCF)c(=O)n1. The Kier molecular flexibility index (Phi) is 8.59. The molecule has 186 valence electrons. The summed E-state index contributed by atoms with van der Waals surface area (Å²) in [6.45, 7) is -2.34. The van der Waals surface area contributed by atoms with Crippen LogP contribution in [0.4, 0.5) is 10.3 Å². The van der Waals surface area contributed by atoms with Crippen molar-refractivity contribution in [3.63, 3.8) is 0 Å². The quantitative estimate of drug-likeness (QED) is 0.124. The Morgan fingerprint density at radius 3 is 2.45 bits per heavy atom. The molecule has 0 radical (unpaired) electrons. The number of ether oxygens (including phenoxy) is 1. The van der Waals surface area contributed by atoms with Crippen molar-refractivity contribution < 1.29 is 60.6 Å². The van der Waals surface area contributed by atoms with E-state index in [1.165, 1.54) is 0 Å². The first-order chi connectivity index (χ1) is 15.0.